The van der Waals surface area contributed by atoms with Gasteiger partial charge in [-0.15, -0.1) is 6.58 Å². The van der Waals surface area contributed by atoms with Gasteiger partial charge in [-0.25, -0.2) is 14.4 Å². The monoisotopic (exact) mass is 639 g/mol. The van der Waals surface area contributed by atoms with Crippen LogP contribution in [0.1, 0.15) is 36.5 Å². The first-order chi connectivity index (χ1) is 22.3. The third-order valence-electron chi connectivity index (χ3n) is 9.57. The molecule has 0 amide bonds. The highest BCUT2D eigenvalue weighted by molar-refractivity contribution is 6.33. The molecule has 7 nitrogen and oxygen atoms in total. The molecule has 2 unspecified atom stereocenters. The number of aryl methyl sites for hydroxylation is 2. The van der Waals surface area contributed by atoms with E-state index in [9.17, 15) is 0 Å². The van der Waals surface area contributed by atoms with Crippen molar-refractivity contribution in [2.75, 3.05) is 44.6 Å². The van der Waals surface area contributed by atoms with E-state index in [4.69, 9.17) is 11.6 Å². The Bertz CT molecular complexity index is 1770. The lowest BCUT2D eigenvalue weighted by Crippen LogP contribution is -2.47. The van der Waals surface area contributed by atoms with Gasteiger partial charge in [0.2, 0.25) is 0 Å². The molecule has 2 fully saturated rings. The summed E-state index contributed by atoms with van der Waals surface area (Å²) >= 11 is 6.52. The van der Waals surface area contributed by atoms with Gasteiger partial charge in [0.15, 0.2) is 11.5 Å². The zero-order chi connectivity index (χ0) is 32.4. The average Bonchev–Trinajstić information content (AvgIpc) is 3.50. The van der Waals surface area contributed by atoms with E-state index < -0.39 is 5.82 Å². The van der Waals surface area contributed by atoms with Crippen molar-refractivity contribution in [2.24, 2.45) is 11.8 Å². The van der Waals surface area contributed by atoms with E-state index >= 15 is 4.39 Å². The van der Waals surface area contributed by atoms with Gasteiger partial charge < -0.3 is 20.4 Å². The number of allylic oxidation sites excluding steroid dienone is 2. The zero-order valence-corrected chi connectivity index (χ0v) is 27.6. The second-order valence-corrected chi connectivity index (χ2v) is 12.9. The maximum atomic E-state index is 15.1. The summed E-state index contributed by atoms with van der Waals surface area (Å²) in [6, 6.07) is 9.91. The molecule has 0 radical (unpaired) electrons. The lowest BCUT2D eigenvalue weighted by atomic mass is 9.85. The summed E-state index contributed by atoms with van der Waals surface area (Å²) in [6.07, 6.45) is 9.38. The Labute approximate surface area is 276 Å². The zero-order valence-electron chi connectivity index (χ0n) is 26.8. The van der Waals surface area contributed by atoms with Crippen LogP contribution in [0.4, 0.5) is 15.9 Å². The first-order valence-electron chi connectivity index (χ1n) is 16.1. The van der Waals surface area contributed by atoms with E-state index in [-0.39, 0.29) is 5.02 Å². The lowest BCUT2D eigenvalue weighted by Gasteiger charge is -2.43. The molecule has 9 heteroatoms. The second kappa shape index (κ2) is 13.7. The highest BCUT2D eigenvalue weighted by Gasteiger charge is 2.29. The number of benzene rings is 2. The molecule has 4 heterocycles. The minimum atomic E-state index is -0.403. The second-order valence-electron chi connectivity index (χ2n) is 12.5. The molecule has 0 spiro atoms. The van der Waals surface area contributed by atoms with Crippen LogP contribution in [0, 0.1) is 24.6 Å². The normalized spacial score (nSPS) is 18.5. The van der Waals surface area contributed by atoms with E-state index in [0.29, 0.717) is 53.0 Å². The number of nitrogens with one attached hydrogen (secondary N) is 2. The van der Waals surface area contributed by atoms with Crippen LogP contribution in [-0.4, -0.2) is 63.4 Å². The maximum absolute atomic E-state index is 15.1. The molecule has 4 aromatic rings. The minimum absolute atomic E-state index is 0.0869. The molecule has 2 aromatic carbocycles. The van der Waals surface area contributed by atoms with Crippen LogP contribution in [0.2, 0.25) is 5.02 Å². The topological polar surface area (TPSA) is 60.7 Å². The molecule has 2 N–H and O–H groups in total. The van der Waals surface area contributed by atoms with E-state index in [1.54, 1.807) is 24.5 Å². The fourth-order valence-electron chi connectivity index (χ4n) is 6.82. The van der Waals surface area contributed by atoms with Gasteiger partial charge in [0.05, 0.1) is 16.9 Å². The first kappa shape index (κ1) is 31.8. The van der Waals surface area contributed by atoms with Crippen molar-refractivity contribution in [3.63, 3.8) is 0 Å². The van der Waals surface area contributed by atoms with Gasteiger partial charge in [0, 0.05) is 72.7 Å². The number of piperazine rings is 1. The molecule has 0 saturated carbocycles. The number of hydrogen-bond donors (Lipinski definition) is 2. The highest BCUT2D eigenvalue weighted by Crippen LogP contribution is 2.35. The van der Waals surface area contributed by atoms with Crippen LogP contribution in [0.25, 0.3) is 22.6 Å². The summed E-state index contributed by atoms with van der Waals surface area (Å²) in [5, 5.41) is 7.02. The van der Waals surface area contributed by atoms with Crippen molar-refractivity contribution in [1.29, 1.82) is 0 Å². The molecule has 240 valence electrons. The summed E-state index contributed by atoms with van der Waals surface area (Å²) in [5.41, 5.74) is 7.96. The average molecular weight is 640 g/mol. The van der Waals surface area contributed by atoms with Crippen LogP contribution in [0.5, 0.6) is 0 Å². The summed E-state index contributed by atoms with van der Waals surface area (Å²) in [4.78, 5) is 14.1. The Balaban J connectivity index is 1.14. The molecule has 2 aliphatic heterocycles. The van der Waals surface area contributed by atoms with Crippen LogP contribution in [0.3, 0.4) is 0 Å². The van der Waals surface area contributed by atoms with Crippen LogP contribution in [0.15, 0.2) is 80.4 Å². The Morgan fingerprint density at radius 1 is 1.13 bits per heavy atom. The molecular weight excluding hydrogens is 597 g/mol. The van der Waals surface area contributed by atoms with Crippen LogP contribution in [-0.2, 0) is 6.42 Å². The number of piperidine rings is 1. The lowest BCUT2D eigenvalue weighted by molar-refractivity contribution is 0.173. The van der Waals surface area contributed by atoms with Gasteiger partial charge in [0.25, 0.3) is 0 Å². The SMILES string of the molecule is C=CCCc1ccc(-c2cnc3c(Nc4ccc(C(=C)N5CCN(C(=C)C6CCNCC6C)CC5)c(C)c4)nccn23)c(Cl)c1F. The smallest absolute Gasteiger partial charge is 0.180 e. The van der Waals surface area contributed by atoms with Gasteiger partial charge in [-0.1, -0.05) is 56.0 Å². The molecule has 0 bridgehead atoms. The van der Waals surface area contributed by atoms with E-state index in [2.05, 4.69) is 76.1 Å². The Morgan fingerprint density at radius 2 is 1.91 bits per heavy atom. The molecule has 0 aliphatic carbocycles. The van der Waals surface area contributed by atoms with E-state index in [0.717, 1.165) is 68.2 Å². The van der Waals surface area contributed by atoms with E-state index in [1.165, 1.54) is 5.70 Å². The summed E-state index contributed by atoms with van der Waals surface area (Å²) in [5.74, 6) is 1.37. The third-order valence-corrected chi connectivity index (χ3v) is 9.93. The predicted molar refractivity (Wildman–Crippen MR) is 188 cm³/mol. The van der Waals surface area contributed by atoms with Crippen LogP contribution >= 0.6 is 11.6 Å². The maximum Gasteiger partial charge on any atom is 0.180 e. The summed E-state index contributed by atoms with van der Waals surface area (Å²) in [6.45, 7) is 23.1. The largest absolute Gasteiger partial charge is 0.372 e. The quantitative estimate of drug-likeness (QED) is 0.173. The standard InChI is InChI=1S/C37H43ClFN7/c1-6-7-8-28-9-11-32(34(38)35(28)39)33-23-42-37-36(41-15-16-46(33)37)43-29-10-12-30(24(2)21-29)26(4)44-17-19-45(20-18-44)27(5)31-13-14-40-22-25(31)3/h6,9-12,15-16,21,23,25,31,40H,1,4-5,7-8,13-14,17-20,22H2,2-3H3,(H,41,43). The van der Waals surface area contributed by atoms with Crippen molar-refractivity contribution in [2.45, 2.75) is 33.1 Å². The van der Waals surface area contributed by atoms with Gasteiger partial charge >= 0.3 is 0 Å². The number of aromatic nitrogens is 3. The number of hydrogen-bond acceptors (Lipinski definition) is 6. The molecule has 6 rings (SSSR count). The van der Waals surface area contributed by atoms with Gasteiger partial charge in [0.1, 0.15) is 5.82 Å². The first-order valence-corrected chi connectivity index (χ1v) is 16.5. The number of fused-ring (bicyclic) bond motifs is 1. The van der Waals surface area contributed by atoms with E-state index in [1.807, 2.05) is 22.7 Å². The fourth-order valence-corrected chi connectivity index (χ4v) is 7.11. The highest BCUT2D eigenvalue weighted by atomic mass is 35.5. The molecular formula is C37H43ClFN7. The predicted octanol–water partition coefficient (Wildman–Crippen LogP) is 7.71. The summed E-state index contributed by atoms with van der Waals surface area (Å²) < 4.78 is 17.0. The van der Waals surface area contributed by atoms with Gasteiger partial charge in [-0.05, 0) is 68.5 Å². The molecule has 2 saturated heterocycles. The van der Waals surface area contributed by atoms with Crippen molar-refractivity contribution >= 4 is 34.5 Å². The van der Waals surface area contributed by atoms with Crippen LogP contribution < -0.4 is 10.6 Å². The van der Waals surface area contributed by atoms with Crippen molar-refractivity contribution in [3.8, 4) is 11.3 Å². The Hall–Kier alpha value is -4.14. The minimum Gasteiger partial charge on any atom is -0.372 e. The molecule has 2 aromatic heterocycles. The fraction of sp³-hybridized carbons (Fsp3) is 0.351. The third kappa shape index (κ3) is 6.29. The number of rotatable bonds is 10. The molecule has 2 atom stereocenters. The molecule has 2 aliphatic rings. The van der Waals surface area contributed by atoms with Crippen molar-refractivity contribution < 1.29 is 4.39 Å². The number of anilines is 2. The van der Waals surface area contributed by atoms with Crippen molar-refractivity contribution in [1.82, 2.24) is 29.5 Å². The van der Waals surface area contributed by atoms with Gasteiger partial charge in [-0.3, -0.25) is 4.40 Å². The number of imidazole rings is 1. The Kier molecular flexibility index (Phi) is 9.47. The van der Waals surface area contributed by atoms with Crippen molar-refractivity contribution in [3.05, 3.63) is 108 Å². The van der Waals surface area contributed by atoms with Gasteiger partial charge in [-0.2, -0.15) is 0 Å². The Morgan fingerprint density at radius 3 is 2.65 bits per heavy atom. The molecule has 46 heavy (non-hydrogen) atoms. The summed E-state index contributed by atoms with van der Waals surface area (Å²) in [7, 11) is 0. The number of halogens is 2. The number of nitrogens with zero attached hydrogens (tertiary/aromatic N) is 5.